The molecular weight excluding hydrogens is 335 g/mol. The minimum atomic E-state index is -2.75. The van der Waals surface area contributed by atoms with E-state index in [0.29, 0.717) is 0 Å². The molecule has 0 aliphatic rings. The second-order valence-electron chi connectivity index (χ2n) is 2.89. The van der Waals surface area contributed by atoms with Gasteiger partial charge in [0.05, 0.1) is 19.1 Å². The summed E-state index contributed by atoms with van der Waals surface area (Å²) in [4.78, 5) is 14.2. The zero-order valence-corrected chi connectivity index (χ0v) is 10.4. The van der Waals surface area contributed by atoms with Gasteiger partial charge in [-0.05, 0) is 28.2 Å². The Morgan fingerprint density at radius 3 is 2.75 bits per heavy atom. The topological polar surface area (TPSA) is 59.4 Å². The summed E-state index contributed by atoms with van der Waals surface area (Å²) < 4.78 is 30.3. The molecule has 0 bridgehead atoms. The van der Waals surface area contributed by atoms with Crippen LogP contribution in [0.3, 0.4) is 0 Å². The van der Waals surface area contributed by atoms with Crippen LogP contribution in [0.25, 0.3) is 0 Å². The maximum Gasteiger partial charge on any atom is 0.307 e. The summed E-state index contributed by atoms with van der Waals surface area (Å²) in [5.74, 6) is -1.27. The van der Waals surface area contributed by atoms with Crippen LogP contribution in [-0.4, -0.2) is 23.2 Å². The maximum atomic E-state index is 12.7. The van der Waals surface area contributed by atoms with Gasteiger partial charge >= 0.3 is 5.97 Å². The number of aliphatic carboxylic acids is 1. The van der Waals surface area contributed by atoms with Crippen molar-refractivity contribution in [1.82, 2.24) is 4.98 Å². The predicted octanol–water partition coefficient (Wildman–Crippen LogP) is 2.26. The highest BCUT2D eigenvalue weighted by molar-refractivity contribution is 14.1. The van der Waals surface area contributed by atoms with Crippen molar-refractivity contribution in [2.75, 3.05) is 7.11 Å². The fourth-order valence-electron chi connectivity index (χ4n) is 1.17. The SMILES string of the molecule is COc1ncc(CC(=O)O)c(I)c1C(F)F. The van der Waals surface area contributed by atoms with Crippen molar-refractivity contribution in [2.24, 2.45) is 0 Å². The van der Waals surface area contributed by atoms with Crippen molar-refractivity contribution in [3.63, 3.8) is 0 Å². The fraction of sp³-hybridized carbons (Fsp3) is 0.333. The van der Waals surface area contributed by atoms with E-state index in [2.05, 4.69) is 4.98 Å². The summed E-state index contributed by atoms with van der Waals surface area (Å²) in [6, 6.07) is 0. The Bertz CT molecular complexity index is 412. The molecule has 0 aromatic carbocycles. The molecule has 0 spiro atoms. The number of carbonyl (C=O) groups is 1. The number of carboxylic acid groups (broad SMARTS) is 1. The van der Waals surface area contributed by atoms with E-state index in [9.17, 15) is 13.6 Å². The molecule has 0 saturated heterocycles. The summed E-state index contributed by atoms with van der Waals surface area (Å²) in [5, 5.41) is 8.60. The number of alkyl halides is 2. The quantitative estimate of drug-likeness (QED) is 0.852. The molecule has 0 amide bonds. The highest BCUT2D eigenvalue weighted by Gasteiger charge is 2.22. The standard InChI is InChI=1S/C9H8F2INO3/c1-16-9-6(8(10)11)7(12)4(3-13-9)2-5(14)15/h3,8H,2H2,1H3,(H,14,15). The Balaban J connectivity index is 3.26. The third-order valence-electron chi connectivity index (χ3n) is 1.84. The number of pyridine rings is 1. The third kappa shape index (κ3) is 2.77. The first-order valence-corrected chi connectivity index (χ1v) is 5.26. The van der Waals surface area contributed by atoms with Crippen molar-refractivity contribution < 1.29 is 23.4 Å². The van der Waals surface area contributed by atoms with Crippen LogP contribution in [0.2, 0.25) is 0 Å². The van der Waals surface area contributed by atoms with Crippen LogP contribution in [0.4, 0.5) is 8.78 Å². The maximum absolute atomic E-state index is 12.7. The number of hydrogen-bond acceptors (Lipinski definition) is 3. The number of methoxy groups -OCH3 is 1. The van der Waals surface area contributed by atoms with Gasteiger partial charge in [0.2, 0.25) is 5.88 Å². The Labute approximate surface area is 104 Å². The van der Waals surface area contributed by atoms with Crippen LogP contribution in [-0.2, 0) is 11.2 Å². The molecule has 0 fully saturated rings. The average molecular weight is 343 g/mol. The van der Waals surface area contributed by atoms with E-state index in [0.717, 1.165) is 0 Å². The van der Waals surface area contributed by atoms with Gasteiger partial charge in [-0.25, -0.2) is 13.8 Å². The van der Waals surface area contributed by atoms with E-state index >= 15 is 0 Å². The molecule has 1 aromatic heterocycles. The van der Waals surface area contributed by atoms with Crippen molar-refractivity contribution in [1.29, 1.82) is 0 Å². The number of halogens is 3. The monoisotopic (exact) mass is 343 g/mol. The number of carboxylic acids is 1. The van der Waals surface area contributed by atoms with E-state index in [-0.39, 0.29) is 27.0 Å². The van der Waals surface area contributed by atoms with Crippen molar-refractivity contribution in [3.8, 4) is 5.88 Å². The second kappa shape index (κ2) is 5.37. The highest BCUT2D eigenvalue weighted by atomic mass is 127. The predicted molar refractivity (Wildman–Crippen MR) is 59.8 cm³/mol. The van der Waals surface area contributed by atoms with Gasteiger partial charge < -0.3 is 9.84 Å². The zero-order chi connectivity index (χ0) is 12.3. The zero-order valence-electron chi connectivity index (χ0n) is 8.21. The highest BCUT2D eigenvalue weighted by Crippen LogP contribution is 2.33. The van der Waals surface area contributed by atoms with Gasteiger partial charge in [0.1, 0.15) is 0 Å². The molecule has 1 heterocycles. The lowest BCUT2D eigenvalue weighted by atomic mass is 10.1. The van der Waals surface area contributed by atoms with Gasteiger partial charge in [-0.1, -0.05) is 0 Å². The van der Waals surface area contributed by atoms with Gasteiger partial charge in [-0.2, -0.15) is 0 Å². The van der Waals surface area contributed by atoms with Crippen molar-refractivity contribution in [3.05, 3.63) is 20.9 Å². The summed E-state index contributed by atoms with van der Waals surface area (Å²) >= 11 is 1.68. The van der Waals surface area contributed by atoms with Gasteiger partial charge in [-0.15, -0.1) is 0 Å². The molecule has 7 heteroatoms. The molecule has 16 heavy (non-hydrogen) atoms. The molecule has 0 atom stereocenters. The summed E-state index contributed by atoms with van der Waals surface area (Å²) in [6.07, 6.45) is -1.85. The summed E-state index contributed by atoms with van der Waals surface area (Å²) in [7, 11) is 1.24. The minimum absolute atomic E-state index is 0.173. The van der Waals surface area contributed by atoms with Gasteiger partial charge in [0.15, 0.2) is 0 Å². The average Bonchev–Trinajstić information content (AvgIpc) is 2.19. The Morgan fingerprint density at radius 2 is 2.31 bits per heavy atom. The van der Waals surface area contributed by atoms with Crippen LogP contribution >= 0.6 is 22.6 Å². The van der Waals surface area contributed by atoms with Crippen LogP contribution < -0.4 is 4.74 Å². The molecule has 4 nitrogen and oxygen atoms in total. The molecule has 0 unspecified atom stereocenters. The lowest BCUT2D eigenvalue weighted by Gasteiger charge is -2.11. The van der Waals surface area contributed by atoms with Crippen LogP contribution in [0.1, 0.15) is 17.6 Å². The first-order valence-electron chi connectivity index (χ1n) is 4.18. The molecule has 88 valence electrons. The van der Waals surface area contributed by atoms with Gasteiger partial charge in [0.25, 0.3) is 6.43 Å². The molecule has 0 radical (unpaired) electrons. The molecule has 1 aromatic rings. The molecule has 0 aliphatic carbocycles. The summed E-state index contributed by atoms with van der Waals surface area (Å²) in [5.41, 5.74) is -0.106. The molecule has 0 aliphatic heterocycles. The third-order valence-corrected chi connectivity index (χ3v) is 3.11. The number of hydrogen-bond donors (Lipinski definition) is 1. The fourth-order valence-corrected chi connectivity index (χ4v) is 1.96. The van der Waals surface area contributed by atoms with Gasteiger partial charge in [0, 0.05) is 9.77 Å². The van der Waals surface area contributed by atoms with E-state index in [1.54, 1.807) is 22.6 Å². The largest absolute Gasteiger partial charge is 0.481 e. The van der Waals surface area contributed by atoms with E-state index in [4.69, 9.17) is 9.84 Å². The normalized spacial score (nSPS) is 10.6. The molecule has 1 rings (SSSR count). The Hall–Kier alpha value is -0.990. The lowest BCUT2D eigenvalue weighted by molar-refractivity contribution is -0.136. The van der Waals surface area contributed by atoms with Crippen molar-refractivity contribution in [2.45, 2.75) is 12.8 Å². The summed E-state index contributed by atoms with van der Waals surface area (Å²) in [6.45, 7) is 0. The number of nitrogens with zero attached hydrogens (tertiary/aromatic N) is 1. The Morgan fingerprint density at radius 1 is 1.69 bits per heavy atom. The lowest BCUT2D eigenvalue weighted by Crippen LogP contribution is -2.07. The van der Waals surface area contributed by atoms with Crippen LogP contribution in [0.15, 0.2) is 6.20 Å². The molecule has 0 saturated carbocycles. The van der Waals surface area contributed by atoms with E-state index in [1.807, 2.05) is 0 Å². The van der Waals surface area contributed by atoms with E-state index in [1.165, 1.54) is 13.3 Å². The smallest absolute Gasteiger partial charge is 0.307 e. The number of aromatic nitrogens is 1. The first kappa shape index (κ1) is 13.1. The van der Waals surface area contributed by atoms with E-state index < -0.39 is 12.4 Å². The first-order chi connectivity index (χ1) is 7.47. The minimum Gasteiger partial charge on any atom is -0.481 e. The van der Waals surface area contributed by atoms with Crippen molar-refractivity contribution >= 4 is 28.6 Å². The number of rotatable bonds is 4. The molecular formula is C9H8F2INO3. The second-order valence-corrected chi connectivity index (χ2v) is 3.97. The van der Waals surface area contributed by atoms with Gasteiger partial charge in [-0.3, -0.25) is 4.79 Å². The van der Waals surface area contributed by atoms with Crippen LogP contribution in [0, 0.1) is 3.57 Å². The molecule has 1 N–H and O–H groups in total. The number of ether oxygens (including phenoxy) is 1. The van der Waals surface area contributed by atoms with Crippen LogP contribution in [0.5, 0.6) is 5.88 Å². The Kier molecular flexibility index (Phi) is 4.39.